The first kappa shape index (κ1) is 87.1. The normalized spacial score (nSPS) is 14.5. The Bertz CT molecular complexity index is 1750. The van der Waals surface area contributed by atoms with Crippen molar-refractivity contribution in [2.75, 3.05) is 39.6 Å². The first-order valence-corrected chi connectivity index (χ1v) is 39.4. The van der Waals surface area contributed by atoms with Crippen LogP contribution >= 0.6 is 15.6 Å². The zero-order valence-electron chi connectivity index (χ0n) is 57.9. The highest BCUT2D eigenvalue weighted by molar-refractivity contribution is 7.47. The molecule has 0 saturated carbocycles. The van der Waals surface area contributed by atoms with Gasteiger partial charge in [-0.3, -0.25) is 37.3 Å². The van der Waals surface area contributed by atoms with Crippen molar-refractivity contribution in [3.63, 3.8) is 0 Å². The number of carbonyl (C=O) groups is 4. The van der Waals surface area contributed by atoms with Crippen LogP contribution in [0, 0.1) is 17.8 Å². The molecule has 0 bridgehead atoms. The van der Waals surface area contributed by atoms with E-state index in [1.165, 1.54) is 154 Å². The van der Waals surface area contributed by atoms with Gasteiger partial charge in [0.2, 0.25) is 0 Å². The molecule has 0 aliphatic carbocycles. The molecule has 0 saturated heterocycles. The zero-order valence-corrected chi connectivity index (χ0v) is 59.7. The fourth-order valence-corrected chi connectivity index (χ4v) is 12.1. The summed E-state index contributed by atoms with van der Waals surface area (Å²) in [5, 5.41) is 10.5. The third-order valence-electron chi connectivity index (χ3n) is 16.5. The average Bonchev–Trinajstić information content (AvgIpc) is 3.70. The van der Waals surface area contributed by atoms with E-state index in [0.717, 1.165) is 114 Å². The van der Waals surface area contributed by atoms with Crippen LogP contribution in [-0.4, -0.2) is 96.7 Å². The van der Waals surface area contributed by atoms with Gasteiger partial charge in [0.05, 0.1) is 26.4 Å². The Morgan fingerprint density at radius 3 is 0.854 bits per heavy atom. The third kappa shape index (κ3) is 63.2. The van der Waals surface area contributed by atoms with Crippen molar-refractivity contribution in [3.05, 3.63) is 0 Å². The summed E-state index contributed by atoms with van der Waals surface area (Å²) in [6.45, 7) is 11.7. The summed E-state index contributed by atoms with van der Waals surface area (Å²) in [4.78, 5) is 72.2. The molecule has 89 heavy (non-hydrogen) atoms. The summed E-state index contributed by atoms with van der Waals surface area (Å²) in [5.41, 5.74) is 0. The van der Waals surface area contributed by atoms with E-state index < -0.39 is 97.5 Å². The monoisotopic (exact) mass is 1310 g/mol. The van der Waals surface area contributed by atoms with Crippen molar-refractivity contribution >= 4 is 39.5 Å². The van der Waals surface area contributed by atoms with Crippen LogP contribution in [-0.2, 0) is 65.4 Å². The predicted molar refractivity (Wildman–Crippen MR) is 358 cm³/mol. The summed E-state index contributed by atoms with van der Waals surface area (Å²) < 4.78 is 68.0. The van der Waals surface area contributed by atoms with E-state index in [4.69, 9.17) is 37.0 Å². The molecule has 0 aliphatic rings. The van der Waals surface area contributed by atoms with E-state index in [9.17, 15) is 43.2 Å². The molecule has 0 spiro atoms. The summed E-state index contributed by atoms with van der Waals surface area (Å²) >= 11 is 0. The van der Waals surface area contributed by atoms with Gasteiger partial charge in [0.15, 0.2) is 12.2 Å². The molecular weight excluding hydrogens is 1170 g/mol. The molecule has 3 N–H and O–H groups in total. The Morgan fingerprint density at radius 2 is 0.573 bits per heavy atom. The summed E-state index contributed by atoms with van der Waals surface area (Å²) in [5.74, 6) is 0.175. The first-order valence-electron chi connectivity index (χ1n) is 36.4. The van der Waals surface area contributed by atoms with Crippen molar-refractivity contribution in [1.82, 2.24) is 0 Å². The lowest BCUT2D eigenvalue weighted by Gasteiger charge is -2.21. The minimum Gasteiger partial charge on any atom is -0.462 e. The number of rotatable bonds is 68. The maximum atomic E-state index is 13.0. The largest absolute Gasteiger partial charge is 0.472 e. The van der Waals surface area contributed by atoms with Gasteiger partial charge in [-0.05, 0) is 43.4 Å². The quantitative estimate of drug-likeness (QED) is 0.0222. The number of carbonyl (C=O) groups excluding carboxylic acids is 4. The molecule has 0 rings (SSSR count). The molecular formula is C70H136O17P2. The Kier molecular flexibility index (Phi) is 59.6. The van der Waals surface area contributed by atoms with Crippen LogP contribution in [0.4, 0.5) is 0 Å². The lowest BCUT2D eigenvalue weighted by Crippen LogP contribution is -2.30. The number of unbranched alkanes of at least 4 members (excludes halogenated alkanes) is 35. The van der Waals surface area contributed by atoms with Gasteiger partial charge in [0.1, 0.15) is 19.3 Å². The molecule has 0 fully saturated rings. The molecule has 3 unspecified atom stereocenters. The fourth-order valence-electron chi connectivity index (χ4n) is 10.5. The van der Waals surface area contributed by atoms with Crippen LogP contribution in [0.25, 0.3) is 0 Å². The summed E-state index contributed by atoms with van der Waals surface area (Å²) in [6.07, 6.45) is 45.0. The van der Waals surface area contributed by atoms with Crippen LogP contribution < -0.4 is 0 Å². The van der Waals surface area contributed by atoms with Crippen LogP contribution in [0.15, 0.2) is 0 Å². The smallest absolute Gasteiger partial charge is 0.462 e. The van der Waals surface area contributed by atoms with Crippen LogP contribution in [0.5, 0.6) is 0 Å². The van der Waals surface area contributed by atoms with Gasteiger partial charge in [-0.2, -0.15) is 0 Å². The molecule has 6 atom stereocenters. The highest BCUT2D eigenvalue weighted by atomic mass is 31.2. The lowest BCUT2D eigenvalue weighted by atomic mass is 9.99. The SMILES string of the molecule is CCCCCCCC(=O)OC[C@H](COP(=O)(O)OC[C@H](O)COP(=O)(O)OC[C@@H](COC(=O)CCCCCCCCCCC(C)C)OC(=O)CCCCCCCCCCCCCCCCCCCCC(C)CC)OC(=O)CCCCCCCCCCC(C)C. The van der Waals surface area contributed by atoms with Crippen molar-refractivity contribution in [2.24, 2.45) is 17.8 Å². The van der Waals surface area contributed by atoms with Crippen LogP contribution in [0.3, 0.4) is 0 Å². The molecule has 0 aliphatic heterocycles. The van der Waals surface area contributed by atoms with Gasteiger partial charge in [-0.15, -0.1) is 0 Å². The van der Waals surface area contributed by atoms with Gasteiger partial charge in [0, 0.05) is 25.7 Å². The van der Waals surface area contributed by atoms with E-state index in [1.807, 2.05) is 0 Å². The van der Waals surface area contributed by atoms with E-state index in [-0.39, 0.29) is 25.7 Å². The highest BCUT2D eigenvalue weighted by Gasteiger charge is 2.30. The van der Waals surface area contributed by atoms with Crippen molar-refractivity contribution in [2.45, 2.75) is 369 Å². The summed E-state index contributed by atoms with van der Waals surface area (Å²) in [7, 11) is -9.89. The standard InChI is InChI=1S/C70H136O17P2/c1-8-10-11-34-44-51-67(72)80-57-65(86-70(75)54-47-40-33-27-25-29-36-42-49-62(5)6)59-84-88(76,77)82-55-64(71)56-83-89(78,79)85-60-66(58-81-68(73)52-45-38-31-26-24-28-35-41-48-61(3)4)87-69(74)53-46-39-32-23-21-19-17-15-13-12-14-16-18-20-22-30-37-43-50-63(7)9-2/h61-66,71H,8-60H2,1-7H3,(H,76,77)(H,78,79)/t63?,64-,65+,66+/m0/s1. The van der Waals surface area contributed by atoms with Crippen molar-refractivity contribution < 1.29 is 80.2 Å². The van der Waals surface area contributed by atoms with E-state index >= 15 is 0 Å². The zero-order chi connectivity index (χ0) is 65.9. The van der Waals surface area contributed by atoms with Crippen molar-refractivity contribution in [1.29, 1.82) is 0 Å². The molecule has 0 amide bonds. The molecule has 0 radical (unpaired) electrons. The second-order valence-electron chi connectivity index (χ2n) is 26.5. The number of ether oxygens (including phenoxy) is 4. The highest BCUT2D eigenvalue weighted by Crippen LogP contribution is 2.45. The molecule has 19 heteroatoms. The van der Waals surface area contributed by atoms with Gasteiger partial charge in [0.25, 0.3) is 0 Å². The fraction of sp³-hybridized carbons (Fsp3) is 0.943. The lowest BCUT2D eigenvalue weighted by molar-refractivity contribution is -0.161. The Hall–Kier alpha value is -1.94. The number of aliphatic hydroxyl groups is 1. The topological polar surface area (TPSA) is 237 Å². The van der Waals surface area contributed by atoms with E-state index in [0.29, 0.717) is 25.7 Å². The number of hydrogen-bond donors (Lipinski definition) is 3. The molecule has 0 aromatic heterocycles. The van der Waals surface area contributed by atoms with Crippen LogP contribution in [0.2, 0.25) is 0 Å². The van der Waals surface area contributed by atoms with E-state index in [1.54, 1.807) is 0 Å². The van der Waals surface area contributed by atoms with Crippen LogP contribution in [0.1, 0.15) is 350 Å². The minimum absolute atomic E-state index is 0.103. The number of esters is 4. The number of hydrogen-bond acceptors (Lipinski definition) is 15. The maximum Gasteiger partial charge on any atom is 0.472 e. The minimum atomic E-state index is -4.95. The second kappa shape index (κ2) is 61.0. The van der Waals surface area contributed by atoms with Gasteiger partial charge in [-0.25, -0.2) is 9.13 Å². The number of phosphoric ester groups is 2. The predicted octanol–water partition coefficient (Wildman–Crippen LogP) is 19.8. The summed E-state index contributed by atoms with van der Waals surface area (Å²) in [6, 6.07) is 0. The first-order chi connectivity index (χ1) is 42.8. The van der Waals surface area contributed by atoms with E-state index in [2.05, 4.69) is 48.5 Å². The second-order valence-corrected chi connectivity index (χ2v) is 29.4. The van der Waals surface area contributed by atoms with Crippen molar-refractivity contribution in [3.8, 4) is 0 Å². The molecule has 17 nitrogen and oxygen atoms in total. The van der Waals surface area contributed by atoms with Gasteiger partial charge in [-0.1, -0.05) is 299 Å². The molecule has 0 heterocycles. The molecule has 0 aromatic rings. The third-order valence-corrected chi connectivity index (χ3v) is 18.4. The Morgan fingerprint density at radius 1 is 0.326 bits per heavy atom. The molecule has 528 valence electrons. The van der Waals surface area contributed by atoms with Gasteiger partial charge < -0.3 is 33.8 Å². The van der Waals surface area contributed by atoms with Gasteiger partial charge >= 0.3 is 39.5 Å². The molecule has 0 aromatic carbocycles. The maximum absolute atomic E-state index is 13.0. The Balaban J connectivity index is 5.08. The number of aliphatic hydroxyl groups excluding tert-OH is 1. The Labute approximate surface area is 543 Å². The average molecular weight is 1310 g/mol. The number of phosphoric acid groups is 2.